The Kier molecular flexibility index (Phi) is 6.85. The third-order valence-corrected chi connectivity index (χ3v) is 4.79. The normalized spacial score (nSPS) is 15.3. The van der Waals surface area contributed by atoms with Gasteiger partial charge in [0.15, 0.2) is 0 Å². The van der Waals surface area contributed by atoms with Crippen LogP contribution in [0.15, 0.2) is 18.2 Å². The van der Waals surface area contributed by atoms with E-state index in [1.807, 2.05) is 24.0 Å². The minimum Gasteiger partial charge on any atom is -0.496 e. The molecular formula is C20H29NO4. The number of piperidine rings is 1. The average molecular weight is 347 g/mol. The largest absolute Gasteiger partial charge is 0.496 e. The van der Waals surface area contributed by atoms with E-state index in [2.05, 4.69) is 19.9 Å². The quantitative estimate of drug-likeness (QED) is 0.742. The molecule has 1 amide bonds. The third-order valence-electron chi connectivity index (χ3n) is 4.79. The molecule has 0 bridgehead atoms. The van der Waals surface area contributed by atoms with Gasteiger partial charge in [0.2, 0.25) is 5.91 Å². The second kappa shape index (κ2) is 8.88. The topological polar surface area (TPSA) is 55.8 Å². The molecule has 138 valence electrons. The van der Waals surface area contributed by atoms with Crippen LogP contribution >= 0.6 is 0 Å². The Morgan fingerprint density at radius 3 is 2.48 bits per heavy atom. The number of ether oxygens (including phenoxy) is 2. The highest BCUT2D eigenvalue weighted by molar-refractivity contribution is 5.80. The van der Waals surface area contributed by atoms with E-state index in [1.54, 1.807) is 7.11 Å². The molecule has 25 heavy (non-hydrogen) atoms. The van der Waals surface area contributed by atoms with Crippen LogP contribution in [0.1, 0.15) is 50.7 Å². The lowest BCUT2D eigenvalue weighted by molar-refractivity contribution is -0.151. The summed E-state index contributed by atoms with van der Waals surface area (Å²) in [5.41, 5.74) is 2.10. The van der Waals surface area contributed by atoms with Crippen LogP contribution < -0.4 is 4.74 Å². The minimum atomic E-state index is -0.138. The van der Waals surface area contributed by atoms with Crippen molar-refractivity contribution in [2.24, 2.45) is 5.92 Å². The van der Waals surface area contributed by atoms with Gasteiger partial charge in [-0.1, -0.05) is 26.0 Å². The van der Waals surface area contributed by atoms with Gasteiger partial charge in [0, 0.05) is 18.7 Å². The average Bonchev–Trinajstić information content (AvgIpc) is 2.62. The minimum absolute atomic E-state index is 0.0798. The second-order valence-corrected chi connectivity index (χ2v) is 6.81. The van der Waals surface area contributed by atoms with Crippen molar-refractivity contribution in [3.63, 3.8) is 0 Å². The van der Waals surface area contributed by atoms with E-state index >= 15 is 0 Å². The Morgan fingerprint density at radius 1 is 1.24 bits per heavy atom. The lowest BCUT2D eigenvalue weighted by Gasteiger charge is -2.31. The number of nitrogens with zero attached hydrogens (tertiary/aromatic N) is 1. The van der Waals surface area contributed by atoms with Gasteiger partial charge in [-0.15, -0.1) is 0 Å². The number of esters is 1. The number of carbonyl (C=O) groups is 2. The summed E-state index contributed by atoms with van der Waals surface area (Å²) in [5.74, 6) is 1.05. The van der Waals surface area contributed by atoms with Crippen molar-refractivity contribution in [2.45, 2.75) is 46.0 Å². The highest BCUT2D eigenvalue weighted by Gasteiger charge is 2.28. The van der Waals surface area contributed by atoms with E-state index in [9.17, 15) is 9.59 Å². The van der Waals surface area contributed by atoms with Crippen LogP contribution in [-0.2, 0) is 20.7 Å². The Labute approximate surface area is 150 Å². The molecule has 0 unspecified atom stereocenters. The fourth-order valence-corrected chi connectivity index (χ4v) is 3.17. The molecule has 1 aromatic carbocycles. The zero-order valence-corrected chi connectivity index (χ0v) is 15.7. The molecule has 5 heteroatoms. The molecule has 0 atom stereocenters. The smallest absolute Gasteiger partial charge is 0.309 e. The van der Waals surface area contributed by atoms with Crippen LogP contribution in [0.3, 0.4) is 0 Å². The summed E-state index contributed by atoms with van der Waals surface area (Å²) >= 11 is 0. The Morgan fingerprint density at radius 2 is 1.92 bits per heavy atom. The van der Waals surface area contributed by atoms with Crippen molar-refractivity contribution in [3.8, 4) is 5.75 Å². The SMILES string of the molecule is CCOC(=O)C1CCN(C(=O)Cc2ccc(C(C)C)cc2OC)CC1. The zero-order chi connectivity index (χ0) is 18.4. The Bertz CT molecular complexity index is 604. The molecule has 0 saturated carbocycles. The first-order valence-electron chi connectivity index (χ1n) is 9.07. The van der Waals surface area contributed by atoms with Gasteiger partial charge in [0.05, 0.1) is 26.1 Å². The molecule has 1 fully saturated rings. The maximum Gasteiger partial charge on any atom is 0.309 e. The predicted octanol–water partition coefficient (Wildman–Crippen LogP) is 3.16. The van der Waals surface area contributed by atoms with Gasteiger partial charge in [0.1, 0.15) is 5.75 Å². The van der Waals surface area contributed by atoms with Crippen molar-refractivity contribution in [1.29, 1.82) is 0 Å². The number of amides is 1. The molecule has 0 aliphatic carbocycles. The highest BCUT2D eigenvalue weighted by Crippen LogP contribution is 2.26. The van der Waals surface area contributed by atoms with Crippen molar-refractivity contribution in [2.75, 3.05) is 26.8 Å². The molecular weight excluding hydrogens is 318 g/mol. The fraction of sp³-hybridized carbons (Fsp3) is 0.600. The van der Waals surface area contributed by atoms with E-state index in [4.69, 9.17) is 9.47 Å². The van der Waals surface area contributed by atoms with Crippen molar-refractivity contribution in [1.82, 2.24) is 4.90 Å². The number of carbonyl (C=O) groups excluding carboxylic acids is 2. The summed E-state index contributed by atoms with van der Waals surface area (Å²) in [6, 6.07) is 6.06. The van der Waals surface area contributed by atoms with Gasteiger partial charge in [-0.05, 0) is 37.3 Å². The second-order valence-electron chi connectivity index (χ2n) is 6.81. The summed E-state index contributed by atoms with van der Waals surface area (Å²) in [5, 5.41) is 0. The van der Waals surface area contributed by atoms with E-state index in [1.165, 1.54) is 5.56 Å². The van der Waals surface area contributed by atoms with E-state index in [0.717, 1.165) is 11.3 Å². The van der Waals surface area contributed by atoms with Crippen molar-refractivity contribution < 1.29 is 19.1 Å². The van der Waals surface area contributed by atoms with Gasteiger partial charge in [0.25, 0.3) is 0 Å². The zero-order valence-electron chi connectivity index (χ0n) is 15.7. The molecule has 1 aromatic rings. The molecule has 1 aliphatic rings. The maximum absolute atomic E-state index is 12.6. The number of likely N-dealkylation sites (tertiary alicyclic amines) is 1. The first-order chi connectivity index (χ1) is 12.0. The summed E-state index contributed by atoms with van der Waals surface area (Å²) in [4.78, 5) is 26.2. The van der Waals surface area contributed by atoms with Gasteiger partial charge in [-0.2, -0.15) is 0 Å². The van der Waals surface area contributed by atoms with Crippen LogP contribution in [0.2, 0.25) is 0 Å². The molecule has 1 heterocycles. The number of hydrogen-bond acceptors (Lipinski definition) is 4. The molecule has 2 rings (SSSR count). The highest BCUT2D eigenvalue weighted by atomic mass is 16.5. The van der Waals surface area contributed by atoms with Crippen LogP contribution in [-0.4, -0.2) is 43.6 Å². The maximum atomic E-state index is 12.6. The predicted molar refractivity (Wildman–Crippen MR) is 96.7 cm³/mol. The van der Waals surface area contributed by atoms with E-state index in [-0.39, 0.29) is 17.8 Å². The molecule has 0 N–H and O–H groups in total. The van der Waals surface area contributed by atoms with Crippen LogP contribution in [0, 0.1) is 5.92 Å². The Balaban J connectivity index is 1.96. The molecule has 0 spiro atoms. The summed E-state index contributed by atoms with van der Waals surface area (Å²) in [7, 11) is 1.64. The standard InChI is InChI=1S/C20H29NO4/c1-5-25-20(23)15-8-10-21(11-9-15)19(22)13-17-7-6-16(14(2)3)12-18(17)24-4/h6-7,12,14-15H,5,8-11,13H2,1-4H3. The molecule has 0 radical (unpaired) electrons. The van der Waals surface area contributed by atoms with Gasteiger partial charge in [-0.3, -0.25) is 9.59 Å². The summed E-state index contributed by atoms with van der Waals surface area (Å²) in [6.45, 7) is 7.70. The third kappa shape index (κ3) is 4.97. The van der Waals surface area contributed by atoms with E-state index < -0.39 is 0 Å². The van der Waals surface area contributed by atoms with Crippen LogP contribution in [0.4, 0.5) is 0 Å². The molecule has 0 aromatic heterocycles. The number of benzene rings is 1. The number of hydrogen-bond donors (Lipinski definition) is 0. The van der Waals surface area contributed by atoms with Gasteiger partial charge in [-0.25, -0.2) is 0 Å². The number of methoxy groups -OCH3 is 1. The van der Waals surface area contributed by atoms with Gasteiger partial charge >= 0.3 is 5.97 Å². The van der Waals surface area contributed by atoms with Gasteiger partial charge < -0.3 is 14.4 Å². The number of rotatable bonds is 6. The monoisotopic (exact) mass is 347 g/mol. The molecule has 1 aliphatic heterocycles. The lowest BCUT2D eigenvalue weighted by Crippen LogP contribution is -2.41. The van der Waals surface area contributed by atoms with Crippen molar-refractivity contribution in [3.05, 3.63) is 29.3 Å². The molecule has 5 nitrogen and oxygen atoms in total. The summed E-state index contributed by atoms with van der Waals surface area (Å²) in [6.07, 6.45) is 1.67. The first-order valence-corrected chi connectivity index (χ1v) is 9.07. The Hall–Kier alpha value is -2.04. The lowest BCUT2D eigenvalue weighted by atomic mass is 9.96. The fourth-order valence-electron chi connectivity index (χ4n) is 3.17. The van der Waals surface area contributed by atoms with Crippen LogP contribution in [0.5, 0.6) is 5.75 Å². The molecule has 1 saturated heterocycles. The van der Waals surface area contributed by atoms with Crippen LogP contribution in [0.25, 0.3) is 0 Å². The first kappa shape index (κ1) is 19.3. The van der Waals surface area contributed by atoms with Crippen molar-refractivity contribution >= 4 is 11.9 Å². The van der Waals surface area contributed by atoms with E-state index in [0.29, 0.717) is 44.9 Å². The summed E-state index contributed by atoms with van der Waals surface area (Å²) < 4.78 is 10.5.